The van der Waals surface area contributed by atoms with Gasteiger partial charge in [-0.2, -0.15) is 0 Å². The molecule has 0 spiro atoms. The number of ketones is 1. The first kappa shape index (κ1) is 12.2. The highest BCUT2D eigenvalue weighted by atomic mass is 16.6. The fraction of sp³-hybridized carbons (Fsp3) is 0.818. The number of ether oxygens (including phenoxy) is 1. The summed E-state index contributed by atoms with van der Waals surface area (Å²) in [4.78, 5) is 22.9. The molecule has 0 saturated carbocycles. The van der Waals surface area contributed by atoms with Gasteiger partial charge in [-0.1, -0.05) is 13.8 Å². The van der Waals surface area contributed by atoms with Crippen LogP contribution in [0.5, 0.6) is 0 Å². The summed E-state index contributed by atoms with van der Waals surface area (Å²) in [6, 6.07) is -0.407. The summed E-state index contributed by atoms with van der Waals surface area (Å²) in [5, 5.41) is 2.69. The number of carbonyl (C=O) groups excluding carboxylic acids is 2. The van der Waals surface area contributed by atoms with Gasteiger partial charge in [-0.15, -0.1) is 0 Å². The van der Waals surface area contributed by atoms with Gasteiger partial charge in [-0.05, 0) is 19.3 Å². The molecule has 4 heteroatoms. The van der Waals surface area contributed by atoms with E-state index in [2.05, 4.69) is 5.32 Å². The smallest absolute Gasteiger partial charge is 0.217 e. The van der Waals surface area contributed by atoms with Crippen molar-refractivity contribution >= 4 is 11.7 Å². The summed E-state index contributed by atoms with van der Waals surface area (Å²) in [6.45, 7) is 7.72. The van der Waals surface area contributed by atoms with Crippen molar-refractivity contribution < 1.29 is 14.3 Å². The van der Waals surface area contributed by atoms with Gasteiger partial charge in [0.15, 0.2) is 5.78 Å². The van der Waals surface area contributed by atoms with Crippen molar-refractivity contribution in [1.29, 1.82) is 0 Å². The number of epoxide rings is 1. The maximum Gasteiger partial charge on any atom is 0.217 e. The quantitative estimate of drug-likeness (QED) is 0.690. The average molecular weight is 213 g/mol. The Morgan fingerprint density at radius 2 is 2.00 bits per heavy atom. The molecule has 2 atom stereocenters. The second-order valence-corrected chi connectivity index (χ2v) is 4.77. The Kier molecular flexibility index (Phi) is 3.50. The molecule has 0 aromatic rings. The number of carbonyl (C=O) groups is 2. The zero-order chi connectivity index (χ0) is 11.6. The Morgan fingerprint density at radius 3 is 2.33 bits per heavy atom. The Balaban J connectivity index is 2.62. The van der Waals surface area contributed by atoms with Crippen LogP contribution in [0.4, 0.5) is 0 Å². The number of nitrogens with one attached hydrogen (secondary N) is 1. The van der Waals surface area contributed by atoms with Gasteiger partial charge >= 0.3 is 0 Å². The van der Waals surface area contributed by atoms with E-state index in [1.807, 2.05) is 13.8 Å². The zero-order valence-corrected chi connectivity index (χ0v) is 9.79. The molecule has 15 heavy (non-hydrogen) atoms. The first-order valence-corrected chi connectivity index (χ1v) is 5.30. The van der Waals surface area contributed by atoms with Crippen molar-refractivity contribution in [2.75, 3.05) is 6.61 Å². The van der Waals surface area contributed by atoms with E-state index in [1.165, 1.54) is 6.92 Å². The highest BCUT2D eigenvalue weighted by molar-refractivity contribution is 5.96. The van der Waals surface area contributed by atoms with E-state index in [0.717, 1.165) is 0 Å². The van der Waals surface area contributed by atoms with Crippen LogP contribution in [0, 0.1) is 5.92 Å². The number of hydrogen-bond acceptors (Lipinski definition) is 3. The van der Waals surface area contributed by atoms with Gasteiger partial charge in [0.2, 0.25) is 5.91 Å². The molecule has 0 bridgehead atoms. The minimum Gasteiger partial charge on any atom is -0.361 e. The molecule has 0 aliphatic carbocycles. The van der Waals surface area contributed by atoms with Crippen LogP contribution in [0.25, 0.3) is 0 Å². The second kappa shape index (κ2) is 4.31. The zero-order valence-electron chi connectivity index (χ0n) is 9.79. The molecule has 0 aromatic heterocycles. The van der Waals surface area contributed by atoms with Crippen LogP contribution in [0.1, 0.15) is 34.1 Å². The first-order valence-electron chi connectivity index (χ1n) is 5.30. The summed E-state index contributed by atoms with van der Waals surface area (Å²) in [5.41, 5.74) is -0.651. The van der Waals surface area contributed by atoms with Crippen LogP contribution in [0.15, 0.2) is 0 Å². The summed E-state index contributed by atoms with van der Waals surface area (Å²) in [7, 11) is 0. The molecule has 1 fully saturated rings. The monoisotopic (exact) mass is 213 g/mol. The highest BCUT2D eigenvalue weighted by Crippen LogP contribution is 2.29. The lowest BCUT2D eigenvalue weighted by Crippen LogP contribution is -2.46. The fourth-order valence-electron chi connectivity index (χ4n) is 1.57. The molecule has 1 heterocycles. The lowest BCUT2D eigenvalue weighted by atomic mass is 9.93. The maximum atomic E-state index is 12.0. The largest absolute Gasteiger partial charge is 0.361 e. The van der Waals surface area contributed by atoms with Crippen LogP contribution in [-0.2, 0) is 14.3 Å². The third-order valence-electron chi connectivity index (χ3n) is 2.50. The van der Waals surface area contributed by atoms with E-state index in [4.69, 9.17) is 4.74 Å². The topological polar surface area (TPSA) is 58.7 Å². The van der Waals surface area contributed by atoms with Crippen molar-refractivity contribution in [2.45, 2.75) is 45.8 Å². The normalized spacial score (nSPS) is 26.2. The Morgan fingerprint density at radius 1 is 1.47 bits per heavy atom. The number of Topliss-reactive ketones (excluding diaryl/α,β-unsaturated/α-hetero) is 1. The van der Waals surface area contributed by atoms with Crippen molar-refractivity contribution in [3.8, 4) is 0 Å². The predicted molar refractivity (Wildman–Crippen MR) is 56.4 cm³/mol. The summed E-state index contributed by atoms with van der Waals surface area (Å²) in [5.74, 6) is 0.192. The number of amides is 1. The van der Waals surface area contributed by atoms with Crippen molar-refractivity contribution in [3.63, 3.8) is 0 Å². The van der Waals surface area contributed by atoms with E-state index in [9.17, 15) is 9.59 Å². The van der Waals surface area contributed by atoms with E-state index in [-0.39, 0.29) is 11.7 Å². The molecule has 4 nitrogen and oxygen atoms in total. The van der Waals surface area contributed by atoms with Crippen molar-refractivity contribution in [1.82, 2.24) is 5.32 Å². The predicted octanol–water partition coefficient (Wildman–Crippen LogP) is 0.895. The second-order valence-electron chi connectivity index (χ2n) is 4.77. The lowest BCUT2D eigenvalue weighted by molar-refractivity contribution is -0.130. The van der Waals surface area contributed by atoms with Crippen LogP contribution < -0.4 is 5.32 Å². The van der Waals surface area contributed by atoms with E-state index >= 15 is 0 Å². The molecule has 86 valence electrons. The standard InChI is InChI=1S/C11H19NO3/c1-7(2)5-9(12-8(3)13)10(14)11(4)6-15-11/h7,9H,5-6H2,1-4H3,(H,12,13). The van der Waals surface area contributed by atoms with E-state index in [0.29, 0.717) is 18.9 Å². The van der Waals surface area contributed by atoms with E-state index in [1.54, 1.807) is 6.92 Å². The molecule has 1 N–H and O–H groups in total. The van der Waals surface area contributed by atoms with Crippen molar-refractivity contribution in [2.24, 2.45) is 5.92 Å². The third kappa shape index (κ3) is 3.30. The molecule has 1 aliphatic rings. The number of hydrogen-bond donors (Lipinski definition) is 1. The maximum absolute atomic E-state index is 12.0. The SMILES string of the molecule is CC(=O)NC(CC(C)C)C(=O)C1(C)CO1. The molecular formula is C11H19NO3. The van der Waals surface area contributed by atoms with Gasteiger partial charge in [0, 0.05) is 6.92 Å². The summed E-state index contributed by atoms with van der Waals surface area (Å²) < 4.78 is 5.10. The van der Waals surface area contributed by atoms with Gasteiger partial charge in [-0.25, -0.2) is 0 Å². The van der Waals surface area contributed by atoms with Crippen LogP contribution in [0.2, 0.25) is 0 Å². The lowest BCUT2D eigenvalue weighted by Gasteiger charge is -2.20. The molecular weight excluding hydrogens is 194 g/mol. The van der Waals surface area contributed by atoms with Gasteiger partial charge in [-0.3, -0.25) is 9.59 Å². The van der Waals surface area contributed by atoms with Gasteiger partial charge in [0.25, 0.3) is 0 Å². The molecule has 2 unspecified atom stereocenters. The minimum atomic E-state index is -0.651. The first-order chi connectivity index (χ1) is 6.85. The minimum absolute atomic E-state index is 0.00796. The summed E-state index contributed by atoms with van der Waals surface area (Å²) in [6.07, 6.45) is 0.664. The van der Waals surface area contributed by atoms with Crippen LogP contribution in [-0.4, -0.2) is 29.9 Å². The van der Waals surface area contributed by atoms with Crippen LogP contribution in [0.3, 0.4) is 0 Å². The molecule has 1 saturated heterocycles. The molecule has 1 amide bonds. The van der Waals surface area contributed by atoms with Gasteiger partial charge in [0.05, 0.1) is 12.6 Å². The van der Waals surface area contributed by atoms with Gasteiger partial charge in [0.1, 0.15) is 5.60 Å². The fourth-order valence-corrected chi connectivity index (χ4v) is 1.57. The van der Waals surface area contributed by atoms with Crippen molar-refractivity contribution in [3.05, 3.63) is 0 Å². The third-order valence-corrected chi connectivity index (χ3v) is 2.50. The highest BCUT2D eigenvalue weighted by Gasteiger charge is 2.49. The Bertz CT molecular complexity index is 269. The number of rotatable bonds is 5. The Hall–Kier alpha value is -0.900. The molecule has 1 aliphatic heterocycles. The molecule has 0 aromatic carbocycles. The average Bonchev–Trinajstić information content (AvgIpc) is 2.81. The summed E-state index contributed by atoms with van der Waals surface area (Å²) >= 11 is 0. The van der Waals surface area contributed by atoms with E-state index < -0.39 is 11.6 Å². The molecule has 1 rings (SSSR count). The van der Waals surface area contributed by atoms with Crippen LogP contribution >= 0.6 is 0 Å². The van der Waals surface area contributed by atoms with Gasteiger partial charge < -0.3 is 10.1 Å². The molecule has 0 radical (unpaired) electrons. The Labute approximate surface area is 90.4 Å².